The van der Waals surface area contributed by atoms with Crippen molar-refractivity contribution in [2.24, 2.45) is 5.73 Å². The van der Waals surface area contributed by atoms with Gasteiger partial charge in [0.05, 0.1) is 5.70 Å². The van der Waals surface area contributed by atoms with Gasteiger partial charge in [0.2, 0.25) is 0 Å². The summed E-state index contributed by atoms with van der Waals surface area (Å²) in [5.41, 5.74) is 5.86. The Morgan fingerprint density at radius 3 is 3.15 bits per heavy atom. The monoisotopic (exact) mass is 182 g/mol. The second-order valence-corrected chi connectivity index (χ2v) is 2.77. The highest BCUT2D eigenvalue weighted by Gasteiger charge is 2.20. The van der Waals surface area contributed by atoms with Gasteiger partial charge in [0.25, 0.3) is 5.91 Å². The molecule has 0 aromatic carbocycles. The number of nitrogens with one attached hydrogen (secondary N) is 1. The Bertz CT molecular complexity index is 307. The van der Waals surface area contributed by atoms with Gasteiger partial charge in [-0.3, -0.25) is 4.79 Å². The molecule has 13 heavy (non-hydrogen) atoms. The summed E-state index contributed by atoms with van der Waals surface area (Å²) in [6, 6.07) is 0. The lowest BCUT2D eigenvalue weighted by Crippen LogP contribution is -2.31. The van der Waals surface area contributed by atoms with Gasteiger partial charge in [0, 0.05) is 12.6 Å². The van der Waals surface area contributed by atoms with Crippen molar-refractivity contribution in [3.63, 3.8) is 0 Å². The third-order valence-corrected chi connectivity index (χ3v) is 1.87. The summed E-state index contributed by atoms with van der Waals surface area (Å²) < 4.78 is 10.4. The molecule has 2 aliphatic heterocycles. The van der Waals surface area contributed by atoms with Crippen molar-refractivity contribution in [2.45, 2.75) is 0 Å². The van der Waals surface area contributed by atoms with Crippen LogP contribution in [0.25, 0.3) is 0 Å². The molecule has 0 unspecified atom stereocenters. The molecule has 0 radical (unpaired) electrons. The van der Waals surface area contributed by atoms with Crippen LogP contribution in [-0.4, -0.2) is 25.7 Å². The van der Waals surface area contributed by atoms with Gasteiger partial charge in [-0.1, -0.05) is 0 Å². The average molecular weight is 182 g/mol. The predicted molar refractivity (Wildman–Crippen MR) is 44.2 cm³/mol. The Kier molecular flexibility index (Phi) is 1.84. The van der Waals surface area contributed by atoms with Gasteiger partial charge in [0.15, 0.2) is 11.5 Å². The van der Waals surface area contributed by atoms with Crippen molar-refractivity contribution in [3.05, 3.63) is 23.3 Å². The lowest BCUT2D eigenvalue weighted by molar-refractivity contribution is -0.118. The molecule has 1 amide bonds. The molecule has 0 saturated heterocycles. The fraction of sp³-hybridized carbons (Fsp3) is 0.375. The summed E-state index contributed by atoms with van der Waals surface area (Å²) in [5.74, 6) is 0.354. The minimum absolute atomic E-state index is 0.178. The molecule has 0 saturated carbocycles. The van der Waals surface area contributed by atoms with Crippen LogP contribution in [0.4, 0.5) is 0 Å². The Morgan fingerprint density at radius 2 is 2.38 bits per heavy atom. The van der Waals surface area contributed by atoms with Crippen LogP contribution in [0.2, 0.25) is 0 Å². The molecule has 2 heterocycles. The number of rotatable bonds is 1. The van der Waals surface area contributed by atoms with E-state index in [0.29, 0.717) is 6.61 Å². The zero-order chi connectivity index (χ0) is 9.26. The third kappa shape index (κ3) is 1.44. The van der Waals surface area contributed by atoms with E-state index in [-0.39, 0.29) is 12.4 Å². The molecule has 3 N–H and O–H groups in total. The quantitative estimate of drug-likeness (QED) is 0.557. The van der Waals surface area contributed by atoms with Crippen molar-refractivity contribution in [3.8, 4) is 0 Å². The van der Waals surface area contributed by atoms with Gasteiger partial charge < -0.3 is 20.5 Å². The molecule has 5 nitrogen and oxygen atoms in total. The van der Waals surface area contributed by atoms with Crippen LogP contribution in [0.15, 0.2) is 23.3 Å². The first-order chi connectivity index (χ1) is 6.27. The number of hydrogen-bond acceptors (Lipinski definition) is 4. The highest BCUT2D eigenvalue weighted by Crippen LogP contribution is 2.18. The van der Waals surface area contributed by atoms with E-state index in [1.54, 1.807) is 6.08 Å². The Hall–Kier alpha value is -1.65. The fourth-order valence-corrected chi connectivity index (χ4v) is 1.25. The van der Waals surface area contributed by atoms with Crippen LogP contribution in [0.3, 0.4) is 0 Å². The standard InChI is InChI=1S/C8H10N2O3/c9-8(11)6-3-5-7(4-13-6)12-2-1-10-5/h3,10H,1-2,4H2,(H2,9,11). The van der Waals surface area contributed by atoms with Crippen LogP contribution in [0, 0.1) is 0 Å². The molecule has 0 atom stereocenters. The Balaban J connectivity index is 2.25. The largest absolute Gasteiger partial charge is 0.490 e. The zero-order valence-electron chi connectivity index (χ0n) is 7.00. The Labute approximate surface area is 75.2 Å². The van der Waals surface area contributed by atoms with Crippen LogP contribution in [0.5, 0.6) is 0 Å². The predicted octanol–water partition coefficient (Wildman–Crippen LogP) is -0.783. The summed E-state index contributed by atoms with van der Waals surface area (Å²) in [6.45, 7) is 1.64. The average Bonchev–Trinajstić information content (AvgIpc) is 2.17. The third-order valence-electron chi connectivity index (χ3n) is 1.87. The number of ether oxygens (including phenoxy) is 2. The van der Waals surface area contributed by atoms with E-state index in [1.807, 2.05) is 0 Å². The van der Waals surface area contributed by atoms with E-state index < -0.39 is 5.91 Å². The molecule has 2 aliphatic rings. The molecule has 70 valence electrons. The van der Waals surface area contributed by atoms with Crippen LogP contribution in [0.1, 0.15) is 0 Å². The van der Waals surface area contributed by atoms with E-state index in [2.05, 4.69) is 5.32 Å². The highest BCUT2D eigenvalue weighted by molar-refractivity contribution is 5.90. The van der Waals surface area contributed by atoms with E-state index in [4.69, 9.17) is 15.2 Å². The molecule has 0 fully saturated rings. The zero-order valence-corrected chi connectivity index (χ0v) is 7.00. The van der Waals surface area contributed by atoms with E-state index in [0.717, 1.165) is 18.0 Å². The molecule has 2 rings (SSSR count). The molecule has 5 heteroatoms. The summed E-state index contributed by atoms with van der Waals surface area (Å²) in [6.07, 6.45) is 1.57. The lowest BCUT2D eigenvalue weighted by atomic mass is 10.2. The maximum absolute atomic E-state index is 10.8. The van der Waals surface area contributed by atoms with Gasteiger partial charge in [-0.25, -0.2) is 0 Å². The van der Waals surface area contributed by atoms with E-state index >= 15 is 0 Å². The first kappa shape index (κ1) is 7.97. The molecule has 0 aliphatic carbocycles. The smallest absolute Gasteiger partial charge is 0.283 e. The lowest BCUT2D eigenvalue weighted by Gasteiger charge is -2.25. The topological polar surface area (TPSA) is 73.6 Å². The number of primary amides is 1. The molecule has 0 spiro atoms. The summed E-state index contributed by atoms with van der Waals surface area (Å²) in [4.78, 5) is 10.8. The van der Waals surface area contributed by atoms with Crippen molar-refractivity contribution in [1.29, 1.82) is 0 Å². The number of carbonyl (C=O) groups is 1. The molecule has 0 aromatic rings. The van der Waals surface area contributed by atoms with Crippen molar-refractivity contribution >= 4 is 5.91 Å². The number of allylic oxidation sites excluding steroid dienone is 1. The first-order valence-electron chi connectivity index (χ1n) is 4.01. The maximum Gasteiger partial charge on any atom is 0.283 e. The van der Waals surface area contributed by atoms with Crippen LogP contribution >= 0.6 is 0 Å². The minimum Gasteiger partial charge on any atom is -0.490 e. The molecule has 0 bridgehead atoms. The van der Waals surface area contributed by atoms with Crippen LogP contribution < -0.4 is 11.1 Å². The van der Waals surface area contributed by atoms with Crippen LogP contribution in [-0.2, 0) is 14.3 Å². The number of carbonyl (C=O) groups excluding carboxylic acids is 1. The maximum atomic E-state index is 10.8. The van der Waals surface area contributed by atoms with Gasteiger partial charge in [0.1, 0.15) is 13.2 Å². The van der Waals surface area contributed by atoms with Crippen molar-refractivity contribution < 1.29 is 14.3 Å². The second-order valence-electron chi connectivity index (χ2n) is 2.77. The van der Waals surface area contributed by atoms with Gasteiger partial charge >= 0.3 is 0 Å². The fourth-order valence-electron chi connectivity index (χ4n) is 1.25. The molecular weight excluding hydrogens is 172 g/mol. The number of nitrogens with two attached hydrogens (primary N) is 1. The molecular formula is C8H10N2O3. The highest BCUT2D eigenvalue weighted by atomic mass is 16.5. The SMILES string of the molecule is NC(=O)C1=CC2=C(CO1)OCCN2. The number of amides is 1. The normalized spacial score (nSPS) is 20.5. The first-order valence-corrected chi connectivity index (χ1v) is 4.01. The number of hydrogen-bond donors (Lipinski definition) is 2. The van der Waals surface area contributed by atoms with E-state index in [1.165, 1.54) is 0 Å². The molecule has 0 aromatic heterocycles. The second kappa shape index (κ2) is 3.01. The van der Waals surface area contributed by atoms with Gasteiger partial charge in [-0.15, -0.1) is 0 Å². The van der Waals surface area contributed by atoms with Gasteiger partial charge in [-0.2, -0.15) is 0 Å². The summed E-state index contributed by atoms with van der Waals surface area (Å²) in [5, 5.41) is 3.10. The van der Waals surface area contributed by atoms with Gasteiger partial charge in [-0.05, 0) is 0 Å². The Morgan fingerprint density at radius 1 is 1.54 bits per heavy atom. The van der Waals surface area contributed by atoms with Crippen molar-refractivity contribution in [2.75, 3.05) is 19.8 Å². The van der Waals surface area contributed by atoms with Crippen molar-refractivity contribution in [1.82, 2.24) is 5.32 Å². The van der Waals surface area contributed by atoms with E-state index in [9.17, 15) is 4.79 Å². The minimum atomic E-state index is -0.557. The summed E-state index contributed by atoms with van der Waals surface area (Å²) in [7, 11) is 0. The summed E-state index contributed by atoms with van der Waals surface area (Å²) >= 11 is 0.